The third-order valence-electron chi connectivity index (χ3n) is 9.48. The summed E-state index contributed by atoms with van der Waals surface area (Å²) in [5, 5.41) is 8.16. The maximum atomic E-state index is 13.7. The highest BCUT2D eigenvalue weighted by Gasteiger charge is 2.32. The maximum absolute atomic E-state index is 13.7. The first-order valence-corrected chi connectivity index (χ1v) is 18.1. The van der Waals surface area contributed by atoms with E-state index in [0.717, 1.165) is 22.3 Å². The molecule has 1 aliphatic rings. The number of amides is 3. The fourth-order valence-electron chi connectivity index (χ4n) is 6.52. The van der Waals surface area contributed by atoms with E-state index in [-0.39, 0.29) is 68.1 Å². The molecular formula is C42H44N4O9. The van der Waals surface area contributed by atoms with Crippen LogP contribution in [0.15, 0.2) is 102 Å². The number of carbonyl (C=O) groups excluding carboxylic acids is 5. The number of ether oxygens (including phenoxy) is 3. The Kier molecular flexibility index (Phi) is 13.8. The van der Waals surface area contributed by atoms with Crippen LogP contribution in [0, 0.1) is 16.7 Å². The number of nitrogens with two attached hydrogens (primary N) is 1. The molecule has 2 atom stereocenters. The molecule has 4 aromatic rings. The Morgan fingerprint density at radius 2 is 1.42 bits per heavy atom. The van der Waals surface area contributed by atoms with E-state index in [9.17, 15) is 28.9 Å². The molecule has 4 N–H and O–H groups in total. The Morgan fingerprint density at radius 1 is 0.800 bits per heavy atom. The molecule has 13 nitrogen and oxygen atoms in total. The molecule has 0 aliphatic heterocycles. The lowest BCUT2D eigenvalue weighted by Gasteiger charge is -2.24. The molecule has 0 spiro atoms. The summed E-state index contributed by atoms with van der Waals surface area (Å²) in [6.07, 6.45) is -0.521. The van der Waals surface area contributed by atoms with Gasteiger partial charge in [-0.1, -0.05) is 86.6 Å². The minimum Gasteiger partial charge on any atom is -0.465 e. The predicted octanol–water partition coefficient (Wildman–Crippen LogP) is 6.86. The van der Waals surface area contributed by atoms with Gasteiger partial charge in [0.25, 0.3) is 0 Å². The molecule has 0 saturated carbocycles. The number of urea groups is 1. The van der Waals surface area contributed by atoms with E-state index in [1.165, 1.54) is 24.3 Å². The summed E-state index contributed by atoms with van der Waals surface area (Å²) in [5.74, 6) is -2.13. The van der Waals surface area contributed by atoms with E-state index in [4.69, 9.17) is 19.9 Å². The zero-order valence-corrected chi connectivity index (χ0v) is 30.7. The average Bonchev–Trinajstić information content (AvgIpc) is 3.50. The SMILES string of the molecule is CC(C)[C@H](CC(=O)OCC1c2ccccc2-c2ccccc21)C(=O)N[C@@H](CCCNC(N)=O)C(=O)Cc1ccc(COC(=O)Oc2ccc(N=O)cc2)cc1. The first-order valence-electron chi connectivity index (χ1n) is 18.1. The fourth-order valence-corrected chi connectivity index (χ4v) is 6.52. The third-order valence-corrected chi connectivity index (χ3v) is 9.48. The molecule has 286 valence electrons. The Hall–Kier alpha value is -6.37. The molecule has 0 fully saturated rings. The summed E-state index contributed by atoms with van der Waals surface area (Å²) in [7, 11) is 0. The van der Waals surface area contributed by atoms with Crippen molar-refractivity contribution in [3.8, 4) is 16.9 Å². The second-order valence-electron chi connectivity index (χ2n) is 13.6. The van der Waals surface area contributed by atoms with Crippen molar-refractivity contribution < 1.29 is 38.2 Å². The monoisotopic (exact) mass is 748 g/mol. The number of nitroso groups, excluding NO2 is 1. The zero-order chi connectivity index (χ0) is 39.3. The summed E-state index contributed by atoms with van der Waals surface area (Å²) in [5.41, 5.74) is 11.1. The van der Waals surface area contributed by atoms with Crippen LogP contribution in [0.1, 0.15) is 61.3 Å². The first kappa shape index (κ1) is 39.8. The maximum Gasteiger partial charge on any atom is 0.514 e. The smallest absolute Gasteiger partial charge is 0.465 e. The number of esters is 1. The van der Waals surface area contributed by atoms with E-state index in [0.29, 0.717) is 17.5 Å². The van der Waals surface area contributed by atoms with Gasteiger partial charge in [-0.3, -0.25) is 14.4 Å². The summed E-state index contributed by atoms with van der Waals surface area (Å²) >= 11 is 0. The van der Waals surface area contributed by atoms with Gasteiger partial charge in [0.1, 0.15) is 24.7 Å². The number of primary amides is 1. The lowest BCUT2D eigenvalue weighted by atomic mass is 9.90. The second kappa shape index (κ2) is 19.1. The number of ketones is 1. The Bertz CT molecular complexity index is 1950. The van der Waals surface area contributed by atoms with Crippen LogP contribution in [-0.2, 0) is 36.9 Å². The van der Waals surface area contributed by atoms with Crippen LogP contribution in [0.2, 0.25) is 0 Å². The van der Waals surface area contributed by atoms with E-state index in [1.807, 2.05) is 50.2 Å². The molecule has 5 rings (SSSR count). The minimum absolute atomic E-state index is 0.0122. The van der Waals surface area contributed by atoms with Crippen molar-refractivity contribution in [2.75, 3.05) is 13.2 Å². The lowest BCUT2D eigenvalue weighted by molar-refractivity contribution is -0.148. The van der Waals surface area contributed by atoms with Gasteiger partial charge in [-0.25, -0.2) is 9.59 Å². The first-order chi connectivity index (χ1) is 26.5. The van der Waals surface area contributed by atoms with Crippen LogP contribution in [0.3, 0.4) is 0 Å². The molecule has 13 heteroatoms. The van der Waals surface area contributed by atoms with Gasteiger partial charge in [0, 0.05) is 18.9 Å². The number of benzene rings is 4. The van der Waals surface area contributed by atoms with Crippen molar-refractivity contribution in [2.45, 2.75) is 58.1 Å². The molecule has 0 bridgehead atoms. The highest BCUT2D eigenvalue weighted by atomic mass is 16.7. The predicted molar refractivity (Wildman–Crippen MR) is 204 cm³/mol. The van der Waals surface area contributed by atoms with Gasteiger partial charge in [0.2, 0.25) is 5.91 Å². The number of nitrogens with zero attached hydrogens (tertiary/aromatic N) is 1. The van der Waals surface area contributed by atoms with Crippen molar-refractivity contribution in [2.24, 2.45) is 22.7 Å². The molecule has 0 radical (unpaired) electrons. The highest BCUT2D eigenvalue weighted by Crippen LogP contribution is 2.44. The highest BCUT2D eigenvalue weighted by molar-refractivity contribution is 5.92. The fraction of sp³-hybridized carbons (Fsp3) is 0.310. The Labute approximate surface area is 318 Å². The number of hydrogen-bond donors (Lipinski definition) is 3. The molecular weight excluding hydrogens is 704 g/mol. The van der Waals surface area contributed by atoms with E-state index in [1.54, 1.807) is 24.3 Å². The molecule has 3 amide bonds. The van der Waals surface area contributed by atoms with Crippen LogP contribution in [0.4, 0.5) is 15.3 Å². The molecule has 0 heterocycles. The molecule has 4 aromatic carbocycles. The summed E-state index contributed by atoms with van der Waals surface area (Å²) in [6, 6.07) is 27.0. The van der Waals surface area contributed by atoms with Gasteiger partial charge < -0.3 is 30.6 Å². The van der Waals surface area contributed by atoms with Crippen LogP contribution in [0.25, 0.3) is 11.1 Å². The number of nitrogens with one attached hydrogen (secondary N) is 2. The Balaban J connectivity index is 1.16. The van der Waals surface area contributed by atoms with Gasteiger partial charge in [-0.2, -0.15) is 0 Å². The number of fused-ring (bicyclic) bond motifs is 3. The number of carbonyl (C=O) groups is 5. The number of hydrogen-bond acceptors (Lipinski definition) is 10. The molecule has 55 heavy (non-hydrogen) atoms. The average molecular weight is 749 g/mol. The van der Waals surface area contributed by atoms with Crippen molar-refractivity contribution in [1.82, 2.24) is 10.6 Å². The van der Waals surface area contributed by atoms with Gasteiger partial charge in [-0.15, -0.1) is 4.91 Å². The van der Waals surface area contributed by atoms with E-state index < -0.39 is 36.0 Å². The zero-order valence-electron chi connectivity index (χ0n) is 30.7. The summed E-state index contributed by atoms with van der Waals surface area (Å²) in [6.45, 7) is 3.93. The standard InChI is InChI=1S/C42H44N4O9/c1-26(2)35(23-39(48)53-25-36-33-10-5-3-8-31(33)32-9-4-6-11-34(32)36)40(49)45-37(12-7-21-44-41(43)50)38(47)22-27-13-15-28(16-14-27)24-54-42(51)55-30-19-17-29(46-52)18-20-30/h3-6,8-11,13-20,26,35-37H,7,12,21-25H2,1-2H3,(H,45,49)(H3,43,44,50)/t35-,37-/m0/s1. The van der Waals surface area contributed by atoms with Crippen LogP contribution in [0.5, 0.6) is 5.75 Å². The van der Waals surface area contributed by atoms with Gasteiger partial charge in [0.15, 0.2) is 5.78 Å². The molecule has 1 aliphatic carbocycles. The normalized spacial score (nSPS) is 12.8. The number of Topliss-reactive ketones (excluding diaryl/α,β-unsaturated/α-hetero) is 1. The molecule has 0 saturated heterocycles. The molecule has 0 unspecified atom stereocenters. The van der Waals surface area contributed by atoms with Crippen LogP contribution >= 0.6 is 0 Å². The van der Waals surface area contributed by atoms with E-state index >= 15 is 0 Å². The van der Waals surface area contributed by atoms with Crippen LogP contribution < -0.4 is 21.1 Å². The molecule has 0 aromatic heterocycles. The quantitative estimate of drug-likeness (QED) is 0.0422. The third kappa shape index (κ3) is 11.1. The van der Waals surface area contributed by atoms with Gasteiger partial charge in [0.05, 0.1) is 18.4 Å². The number of rotatable bonds is 18. The minimum atomic E-state index is -0.936. The van der Waals surface area contributed by atoms with Gasteiger partial charge in [-0.05, 0) is 81.6 Å². The van der Waals surface area contributed by atoms with Gasteiger partial charge >= 0.3 is 18.2 Å². The summed E-state index contributed by atoms with van der Waals surface area (Å²) < 4.78 is 16.1. The Morgan fingerprint density at radius 3 is 2.02 bits per heavy atom. The van der Waals surface area contributed by atoms with Crippen molar-refractivity contribution in [3.63, 3.8) is 0 Å². The lowest BCUT2D eigenvalue weighted by Crippen LogP contribution is -2.46. The van der Waals surface area contributed by atoms with Crippen molar-refractivity contribution >= 4 is 35.5 Å². The van der Waals surface area contributed by atoms with Crippen molar-refractivity contribution in [3.05, 3.63) is 124 Å². The summed E-state index contributed by atoms with van der Waals surface area (Å²) in [4.78, 5) is 74.5. The second-order valence-corrected chi connectivity index (χ2v) is 13.6. The topological polar surface area (TPSA) is 193 Å². The van der Waals surface area contributed by atoms with E-state index in [2.05, 4.69) is 27.9 Å². The van der Waals surface area contributed by atoms with Crippen LogP contribution in [-0.4, -0.2) is 49.0 Å². The van der Waals surface area contributed by atoms with Crippen molar-refractivity contribution in [1.29, 1.82) is 0 Å². The largest absolute Gasteiger partial charge is 0.514 e.